The highest BCUT2D eigenvalue weighted by Gasteiger charge is 2.32. The fourth-order valence-corrected chi connectivity index (χ4v) is 3.48. The molecule has 0 radical (unpaired) electrons. The Morgan fingerprint density at radius 3 is 2.26 bits per heavy atom. The molecule has 0 aliphatic carbocycles. The minimum absolute atomic E-state index is 0.0217. The number of nitrogens with one attached hydrogen (secondary N) is 1. The summed E-state index contributed by atoms with van der Waals surface area (Å²) in [6, 6.07) is 14.8. The number of fused-ring (bicyclic) bond motifs is 1. The molecule has 0 fully saturated rings. The second kappa shape index (κ2) is 9.48. The molecule has 2 aliphatic rings. The van der Waals surface area contributed by atoms with E-state index < -0.39 is 5.91 Å². The van der Waals surface area contributed by atoms with Crippen LogP contribution < -0.4 is 14.2 Å². The van der Waals surface area contributed by atoms with Crippen molar-refractivity contribution in [2.24, 2.45) is 10.1 Å². The molecule has 0 aromatic heterocycles. The normalized spacial score (nSPS) is 16.4. The fourth-order valence-electron chi connectivity index (χ4n) is 2.87. The van der Waals surface area contributed by atoms with Gasteiger partial charge < -0.3 is 14.2 Å². The third-order valence-electron chi connectivity index (χ3n) is 4.47. The summed E-state index contributed by atoms with van der Waals surface area (Å²) in [6.45, 7) is 1.06. The standard InChI is InChI=1S/C22H20N4O4S/c1-28-16-7-9-18(10-8-16)30-12-2-11-29-17-5-3-15(4-6-17)13-19-20(23)26-22(25-21(19)27)31-14-24-26/h3-10,13-14,23H,2,11-12H2,1H3/b19-13-,23-20?. The summed E-state index contributed by atoms with van der Waals surface area (Å²) in [5.41, 5.74) is 2.53. The van der Waals surface area contributed by atoms with Gasteiger partial charge in [-0.25, -0.2) is 0 Å². The molecular formula is C22H20N4O4S. The number of aliphatic imine (C=N–C) groups is 1. The highest BCUT2D eigenvalue weighted by Crippen LogP contribution is 2.25. The van der Waals surface area contributed by atoms with E-state index >= 15 is 0 Å². The predicted octanol–water partition coefficient (Wildman–Crippen LogP) is 3.79. The largest absolute Gasteiger partial charge is 0.497 e. The number of ether oxygens (including phenoxy) is 3. The summed E-state index contributed by atoms with van der Waals surface area (Å²) in [4.78, 5) is 16.2. The third kappa shape index (κ3) is 4.95. The number of hydrogen-bond donors (Lipinski definition) is 1. The monoisotopic (exact) mass is 436 g/mol. The molecule has 0 atom stereocenters. The van der Waals surface area contributed by atoms with Crippen LogP contribution in [0.15, 0.2) is 64.2 Å². The van der Waals surface area contributed by atoms with Crippen LogP contribution in [0.4, 0.5) is 0 Å². The Hall–Kier alpha value is -3.59. The van der Waals surface area contributed by atoms with Crippen LogP contribution in [0.5, 0.6) is 17.2 Å². The Morgan fingerprint density at radius 1 is 1.00 bits per heavy atom. The van der Waals surface area contributed by atoms with E-state index in [1.807, 2.05) is 48.5 Å². The van der Waals surface area contributed by atoms with Crippen LogP contribution in [0.1, 0.15) is 12.0 Å². The summed E-state index contributed by atoms with van der Waals surface area (Å²) in [5.74, 6) is 1.88. The van der Waals surface area contributed by atoms with Crippen molar-refractivity contribution in [2.45, 2.75) is 6.42 Å². The lowest BCUT2D eigenvalue weighted by atomic mass is 10.1. The van der Waals surface area contributed by atoms with Gasteiger partial charge in [-0.15, -0.1) is 0 Å². The average Bonchev–Trinajstić information content (AvgIpc) is 3.26. The molecule has 1 N–H and O–H groups in total. The number of carbonyl (C=O) groups is 1. The highest BCUT2D eigenvalue weighted by molar-refractivity contribution is 8.25. The van der Waals surface area contributed by atoms with Gasteiger partial charge in [0.2, 0.25) is 0 Å². The number of thioether (sulfide) groups is 1. The molecule has 1 amide bonds. The lowest BCUT2D eigenvalue weighted by Gasteiger charge is -2.20. The molecule has 4 rings (SSSR count). The first-order valence-electron chi connectivity index (χ1n) is 9.56. The summed E-state index contributed by atoms with van der Waals surface area (Å²) in [7, 11) is 1.63. The summed E-state index contributed by atoms with van der Waals surface area (Å²) in [5, 5.41) is 14.0. The Kier molecular flexibility index (Phi) is 6.32. The molecule has 0 bridgehead atoms. The van der Waals surface area contributed by atoms with Crippen molar-refractivity contribution in [2.75, 3.05) is 20.3 Å². The van der Waals surface area contributed by atoms with E-state index in [9.17, 15) is 4.79 Å². The highest BCUT2D eigenvalue weighted by atomic mass is 32.2. The zero-order chi connectivity index (χ0) is 21.6. The lowest BCUT2D eigenvalue weighted by Crippen LogP contribution is -2.35. The van der Waals surface area contributed by atoms with Gasteiger partial charge in [0.05, 0.1) is 31.4 Å². The number of hydrazone groups is 1. The van der Waals surface area contributed by atoms with E-state index in [-0.39, 0.29) is 11.4 Å². The summed E-state index contributed by atoms with van der Waals surface area (Å²) in [6.07, 6.45) is 2.37. The van der Waals surface area contributed by atoms with Crippen molar-refractivity contribution in [3.05, 3.63) is 59.7 Å². The van der Waals surface area contributed by atoms with Crippen molar-refractivity contribution in [1.29, 1.82) is 5.41 Å². The smallest absolute Gasteiger partial charge is 0.283 e. The molecule has 31 heavy (non-hydrogen) atoms. The molecule has 9 heteroatoms. The van der Waals surface area contributed by atoms with Crippen molar-refractivity contribution in [1.82, 2.24) is 5.01 Å². The molecule has 2 heterocycles. The van der Waals surface area contributed by atoms with Crippen LogP contribution in [0.25, 0.3) is 6.08 Å². The Bertz CT molecular complexity index is 1060. The van der Waals surface area contributed by atoms with Gasteiger partial charge >= 0.3 is 0 Å². The predicted molar refractivity (Wildman–Crippen MR) is 121 cm³/mol. The molecule has 0 saturated heterocycles. The maximum Gasteiger partial charge on any atom is 0.283 e. The zero-order valence-electron chi connectivity index (χ0n) is 16.8. The van der Waals surface area contributed by atoms with Gasteiger partial charge in [-0.3, -0.25) is 10.2 Å². The van der Waals surface area contributed by atoms with Crippen molar-refractivity contribution >= 4 is 40.3 Å². The van der Waals surface area contributed by atoms with E-state index in [4.69, 9.17) is 19.6 Å². The molecule has 0 spiro atoms. The van der Waals surface area contributed by atoms with Gasteiger partial charge in [0.1, 0.15) is 17.2 Å². The van der Waals surface area contributed by atoms with Crippen LogP contribution in [0, 0.1) is 5.41 Å². The van der Waals surface area contributed by atoms with Gasteiger partial charge in [-0.2, -0.15) is 15.1 Å². The van der Waals surface area contributed by atoms with Gasteiger partial charge in [-0.05, 0) is 59.8 Å². The maximum absolute atomic E-state index is 12.2. The number of methoxy groups -OCH3 is 1. The molecular weight excluding hydrogens is 416 g/mol. The second-order valence-electron chi connectivity index (χ2n) is 6.55. The van der Waals surface area contributed by atoms with Crippen LogP contribution in [-0.4, -0.2) is 47.8 Å². The molecule has 158 valence electrons. The maximum atomic E-state index is 12.2. The van der Waals surface area contributed by atoms with E-state index in [1.165, 1.54) is 16.8 Å². The number of benzene rings is 2. The molecule has 0 unspecified atom stereocenters. The minimum atomic E-state index is -0.438. The van der Waals surface area contributed by atoms with Gasteiger partial charge in [0.15, 0.2) is 11.0 Å². The molecule has 8 nitrogen and oxygen atoms in total. The van der Waals surface area contributed by atoms with Crippen molar-refractivity contribution in [3.63, 3.8) is 0 Å². The lowest BCUT2D eigenvalue weighted by molar-refractivity contribution is -0.114. The summed E-state index contributed by atoms with van der Waals surface area (Å²) < 4.78 is 16.5. The van der Waals surface area contributed by atoms with Crippen molar-refractivity contribution in [3.8, 4) is 17.2 Å². The summed E-state index contributed by atoms with van der Waals surface area (Å²) >= 11 is 1.22. The van der Waals surface area contributed by atoms with Gasteiger partial charge in [0, 0.05) is 6.42 Å². The number of hydrogen-bond acceptors (Lipinski definition) is 7. The topological polar surface area (TPSA) is 96.6 Å². The van der Waals surface area contributed by atoms with Gasteiger partial charge in [0.25, 0.3) is 5.91 Å². The van der Waals surface area contributed by atoms with Crippen LogP contribution >= 0.6 is 11.8 Å². The Morgan fingerprint density at radius 2 is 1.61 bits per heavy atom. The second-order valence-corrected chi connectivity index (χ2v) is 7.36. The molecule has 2 aromatic rings. The first-order valence-corrected chi connectivity index (χ1v) is 10.4. The number of rotatable bonds is 8. The van der Waals surface area contributed by atoms with E-state index in [0.29, 0.717) is 18.4 Å². The van der Waals surface area contributed by atoms with Crippen molar-refractivity contribution < 1.29 is 19.0 Å². The Balaban J connectivity index is 1.26. The molecule has 2 aromatic carbocycles. The molecule has 0 saturated carbocycles. The first kappa shape index (κ1) is 20.7. The number of amidine groups is 2. The minimum Gasteiger partial charge on any atom is -0.497 e. The zero-order valence-corrected chi connectivity index (χ0v) is 17.6. The van der Waals surface area contributed by atoms with Crippen LogP contribution in [0.2, 0.25) is 0 Å². The van der Waals surface area contributed by atoms with E-state index in [1.54, 1.807) is 18.7 Å². The number of nitrogens with zero attached hydrogens (tertiary/aromatic N) is 3. The van der Waals surface area contributed by atoms with E-state index in [2.05, 4.69) is 10.1 Å². The SMILES string of the molecule is COc1ccc(OCCCOc2ccc(/C=C3/C(=N)N4N=CSC4=NC3=O)cc2)cc1. The Labute approximate surface area is 183 Å². The quantitative estimate of drug-likeness (QED) is 0.500. The fraction of sp³-hybridized carbons (Fsp3) is 0.182. The van der Waals surface area contributed by atoms with Crippen LogP contribution in [-0.2, 0) is 4.79 Å². The number of carbonyl (C=O) groups excluding carboxylic acids is 1. The average molecular weight is 436 g/mol. The third-order valence-corrected chi connectivity index (χ3v) is 5.15. The van der Waals surface area contributed by atoms with Crippen LogP contribution in [0.3, 0.4) is 0 Å². The first-order chi connectivity index (χ1) is 15.1. The van der Waals surface area contributed by atoms with E-state index in [0.717, 1.165) is 29.2 Å². The van der Waals surface area contributed by atoms with Gasteiger partial charge in [-0.1, -0.05) is 12.1 Å². The molecule has 2 aliphatic heterocycles. The number of amides is 1.